The first kappa shape index (κ1) is 10.3. The average molecular weight is 253 g/mol. The lowest BCUT2D eigenvalue weighted by atomic mass is 10.1. The Kier molecular flexibility index (Phi) is 2.33. The van der Waals surface area contributed by atoms with Crippen LogP contribution in [0.2, 0.25) is 5.02 Å². The Morgan fingerprint density at radius 2 is 1.94 bits per heavy atom. The molecule has 0 radical (unpaired) electrons. The van der Waals surface area contributed by atoms with E-state index >= 15 is 0 Å². The van der Waals surface area contributed by atoms with E-state index in [1.54, 1.807) is 18.2 Å². The number of benzene rings is 1. The molecular formula is C11H9ClN2O3. The van der Waals surface area contributed by atoms with Crippen molar-refractivity contribution in [2.75, 3.05) is 18.9 Å². The number of anilines is 1. The number of nitrogens with zero attached hydrogens (tertiary/aromatic N) is 1. The van der Waals surface area contributed by atoms with E-state index < -0.39 is 0 Å². The van der Waals surface area contributed by atoms with Gasteiger partial charge < -0.3 is 19.7 Å². The van der Waals surface area contributed by atoms with E-state index in [0.717, 1.165) is 5.56 Å². The molecule has 1 aliphatic rings. The van der Waals surface area contributed by atoms with Gasteiger partial charge in [0.05, 0.1) is 5.02 Å². The summed E-state index contributed by atoms with van der Waals surface area (Å²) in [5.41, 5.74) is 6.85. The van der Waals surface area contributed by atoms with E-state index in [2.05, 4.69) is 5.16 Å². The summed E-state index contributed by atoms with van der Waals surface area (Å²) in [7, 11) is 0. The van der Waals surface area contributed by atoms with Crippen LogP contribution >= 0.6 is 11.6 Å². The quantitative estimate of drug-likeness (QED) is 0.844. The van der Waals surface area contributed by atoms with E-state index in [1.807, 2.05) is 0 Å². The van der Waals surface area contributed by atoms with Gasteiger partial charge in [-0.3, -0.25) is 0 Å². The second-order valence-corrected chi connectivity index (χ2v) is 3.97. The molecule has 3 rings (SSSR count). The van der Waals surface area contributed by atoms with Gasteiger partial charge in [-0.25, -0.2) is 0 Å². The number of nitrogens with two attached hydrogens (primary N) is 1. The lowest BCUT2D eigenvalue weighted by Gasteiger charge is -2.21. The summed E-state index contributed by atoms with van der Waals surface area (Å²) in [6.07, 6.45) is 0. The van der Waals surface area contributed by atoms with Gasteiger partial charge in [0, 0.05) is 11.6 Å². The highest BCUT2D eigenvalue weighted by Gasteiger charge is 2.21. The first-order valence-corrected chi connectivity index (χ1v) is 5.44. The maximum absolute atomic E-state index is 6.03. The summed E-state index contributed by atoms with van der Waals surface area (Å²) in [4.78, 5) is 0. The molecule has 1 aromatic carbocycles. The number of hydrogen-bond acceptors (Lipinski definition) is 5. The van der Waals surface area contributed by atoms with Gasteiger partial charge in [0.15, 0.2) is 11.5 Å². The lowest BCUT2D eigenvalue weighted by molar-refractivity contribution is 0.172. The molecule has 0 bridgehead atoms. The molecule has 0 atom stereocenters. The molecule has 0 fully saturated rings. The molecule has 5 nitrogen and oxygen atoms in total. The van der Waals surface area contributed by atoms with Crippen LogP contribution in [0.5, 0.6) is 11.5 Å². The monoisotopic (exact) mass is 252 g/mol. The number of halogens is 1. The Labute approximate surface area is 102 Å². The SMILES string of the molecule is Nc1cc(-c2ccc(Cl)c3c2OCCO3)no1. The van der Waals surface area contributed by atoms with Gasteiger partial charge in [0.1, 0.15) is 18.9 Å². The average Bonchev–Trinajstić information content (AvgIpc) is 2.77. The molecule has 88 valence electrons. The molecule has 17 heavy (non-hydrogen) atoms. The summed E-state index contributed by atoms with van der Waals surface area (Å²) in [5.74, 6) is 1.37. The number of rotatable bonds is 1. The second kappa shape index (κ2) is 3.85. The highest BCUT2D eigenvalue weighted by molar-refractivity contribution is 6.32. The largest absolute Gasteiger partial charge is 0.485 e. The molecule has 0 saturated heterocycles. The highest BCUT2D eigenvalue weighted by atomic mass is 35.5. The van der Waals surface area contributed by atoms with Crippen molar-refractivity contribution in [2.24, 2.45) is 0 Å². The first-order valence-electron chi connectivity index (χ1n) is 5.06. The minimum absolute atomic E-state index is 0.250. The third kappa shape index (κ3) is 1.68. The van der Waals surface area contributed by atoms with Crippen molar-refractivity contribution in [3.05, 3.63) is 23.2 Å². The fourth-order valence-corrected chi connectivity index (χ4v) is 1.93. The molecule has 2 heterocycles. The van der Waals surface area contributed by atoms with Crippen LogP contribution in [0.1, 0.15) is 0 Å². The number of hydrogen-bond donors (Lipinski definition) is 1. The van der Waals surface area contributed by atoms with Gasteiger partial charge in [-0.15, -0.1) is 0 Å². The summed E-state index contributed by atoms with van der Waals surface area (Å²) >= 11 is 6.03. The van der Waals surface area contributed by atoms with Crippen molar-refractivity contribution in [1.29, 1.82) is 0 Å². The zero-order valence-corrected chi connectivity index (χ0v) is 9.53. The van der Waals surface area contributed by atoms with Crippen LogP contribution < -0.4 is 15.2 Å². The fourth-order valence-electron chi connectivity index (χ4n) is 1.72. The molecular weight excluding hydrogens is 244 g/mol. The summed E-state index contributed by atoms with van der Waals surface area (Å²) < 4.78 is 15.9. The molecule has 0 spiro atoms. The molecule has 6 heteroatoms. The third-order valence-electron chi connectivity index (χ3n) is 2.44. The van der Waals surface area contributed by atoms with Gasteiger partial charge in [0.25, 0.3) is 0 Å². The number of fused-ring (bicyclic) bond motifs is 1. The van der Waals surface area contributed by atoms with Crippen LogP contribution in [-0.2, 0) is 0 Å². The Hall–Kier alpha value is -1.88. The minimum Gasteiger partial charge on any atom is -0.485 e. The Morgan fingerprint density at radius 1 is 1.18 bits per heavy atom. The van der Waals surface area contributed by atoms with Crippen LogP contribution in [0.4, 0.5) is 5.88 Å². The predicted molar refractivity (Wildman–Crippen MR) is 62.4 cm³/mol. The van der Waals surface area contributed by atoms with E-state index in [1.165, 1.54) is 0 Å². The maximum atomic E-state index is 6.03. The van der Waals surface area contributed by atoms with E-state index in [9.17, 15) is 0 Å². The van der Waals surface area contributed by atoms with Crippen LogP contribution in [0.15, 0.2) is 22.7 Å². The van der Waals surface area contributed by atoms with Gasteiger partial charge >= 0.3 is 0 Å². The Bertz CT molecular complexity index is 568. The third-order valence-corrected chi connectivity index (χ3v) is 2.74. The van der Waals surface area contributed by atoms with E-state index in [4.69, 9.17) is 31.3 Å². The lowest BCUT2D eigenvalue weighted by Crippen LogP contribution is -2.16. The number of ether oxygens (including phenoxy) is 2. The highest BCUT2D eigenvalue weighted by Crippen LogP contribution is 2.44. The van der Waals surface area contributed by atoms with E-state index in [-0.39, 0.29) is 5.88 Å². The number of aromatic nitrogens is 1. The van der Waals surface area contributed by atoms with Crippen molar-refractivity contribution >= 4 is 17.5 Å². The van der Waals surface area contributed by atoms with Crippen LogP contribution in [0.3, 0.4) is 0 Å². The predicted octanol–water partition coefficient (Wildman–Crippen LogP) is 2.35. The zero-order chi connectivity index (χ0) is 11.8. The van der Waals surface area contributed by atoms with Crippen molar-refractivity contribution in [1.82, 2.24) is 5.16 Å². The summed E-state index contributed by atoms with van der Waals surface area (Å²) in [6.45, 7) is 0.963. The zero-order valence-electron chi connectivity index (χ0n) is 8.77. The van der Waals surface area contributed by atoms with Gasteiger partial charge in [-0.1, -0.05) is 16.8 Å². The normalized spacial score (nSPS) is 13.7. The Morgan fingerprint density at radius 3 is 2.65 bits per heavy atom. The number of nitrogen functional groups attached to an aromatic ring is 1. The van der Waals surface area contributed by atoms with Gasteiger partial charge in [0.2, 0.25) is 5.88 Å². The molecule has 1 aliphatic heterocycles. The molecule has 0 amide bonds. The van der Waals surface area contributed by atoms with Crippen LogP contribution in [-0.4, -0.2) is 18.4 Å². The second-order valence-electron chi connectivity index (χ2n) is 3.56. The van der Waals surface area contributed by atoms with Crippen LogP contribution in [0.25, 0.3) is 11.3 Å². The van der Waals surface area contributed by atoms with Crippen molar-refractivity contribution in [3.63, 3.8) is 0 Å². The molecule has 2 aromatic rings. The molecule has 0 unspecified atom stereocenters. The smallest absolute Gasteiger partial charge is 0.222 e. The maximum Gasteiger partial charge on any atom is 0.222 e. The van der Waals surface area contributed by atoms with Gasteiger partial charge in [-0.2, -0.15) is 0 Å². The van der Waals surface area contributed by atoms with E-state index in [0.29, 0.717) is 35.4 Å². The van der Waals surface area contributed by atoms with Crippen molar-refractivity contribution < 1.29 is 14.0 Å². The van der Waals surface area contributed by atoms with Crippen LogP contribution in [0, 0.1) is 0 Å². The minimum atomic E-state index is 0.250. The molecule has 0 aliphatic carbocycles. The molecule has 2 N–H and O–H groups in total. The summed E-state index contributed by atoms with van der Waals surface area (Å²) in [6, 6.07) is 5.16. The molecule has 1 aromatic heterocycles. The van der Waals surface area contributed by atoms with Crippen molar-refractivity contribution in [2.45, 2.75) is 0 Å². The standard InChI is InChI=1S/C11H9ClN2O3/c12-7-2-1-6(8-5-9(13)17-14-8)10-11(7)16-4-3-15-10/h1-2,5H,3-4,13H2. The fraction of sp³-hybridized carbons (Fsp3) is 0.182. The van der Waals surface area contributed by atoms with Gasteiger partial charge in [-0.05, 0) is 12.1 Å². The first-order chi connectivity index (χ1) is 8.25. The Balaban J connectivity index is 2.17. The van der Waals surface area contributed by atoms with Crippen molar-refractivity contribution in [3.8, 4) is 22.8 Å². The topological polar surface area (TPSA) is 70.5 Å². The summed E-state index contributed by atoms with van der Waals surface area (Å²) in [5, 5.41) is 4.36. The molecule has 0 saturated carbocycles.